The maximum Gasteiger partial charge on any atom is 0.246 e. The van der Waals surface area contributed by atoms with E-state index in [-0.39, 0.29) is 18.6 Å². The lowest BCUT2D eigenvalue weighted by atomic mass is 10.1. The fourth-order valence-corrected chi connectivity index (χ4v) is 3.22. The molecule has 1 aromatic rings. The van der Waals surface area contributed by atoms with E-state index >= 15 is 0 Å². The van der Waals surface area contributed by atoms with Gasteiger partial charge in [0, 0.05) is 25.2 Å². The molecule has 5 heteroatoms. The normalized spacial score (nSPS) is 22.8. The lowest BCUT2D eigenvalue weighted by Gasteiger charge is -2.25. The third-order valence-corrected chi connectivity index (χ3v) is 4.23. The molecular weight excluding hydrogens is 254 g/mol. The van der Waals surface area contributed by atoms with E-state index in [0.29, 0.717) is 6.10 Å². The van der Waals surface area contributed by atoms with Gasteiger partial charge in [-0.15, -0.1) is 0 Å². The zero-order valence-corrected chi connectivity index (χ0v) is 12.1. The van der Waals surface area contributed by atoms with Crippen LogP contribution < -0.4 is 5.32 Å². The van der Waals surface area contributed by atoms with Crippen LogP contribution in [0.15, 0.2) is 6.20 Å². The summed E-state index contributed by atoms with van der Waals surface area (Å²) in [6.45, 7) is 3.04. The quantitative estimate of drug-likeness (QED) is 0.909. The number of nitrogens with zero attached hydrogens (tertiary/aromatic N) is 2. The number of hydrogen-bond donors (Lipinski definition) is 1. The Morgan fingerprint density at radius 1 is 1.45 bits per heavy atom. The predicted molar refractivity (Wildman–Crippen MR) is 75.4 cm³/mol. The lowest BCUT2D eigenvalue weighted by Crippen LogP contribution is -2.42. The van der Waals surface area contributed by atoms with E-state index in [1.807, 2.05) is 6.92 Å². The van der Waals surface area contributed by atoms with Gasteiger partial charge in [0.1, 0.15) is 12.4 Å². The van der Waals surface area contributed by atoms with Gasteiger partial charge in [0.15, 0.2) is 0 Å². The summed E-state index contributed by atoms with van der Waals surface area (Å²) in [5.74, 6) is 1.15. The first kappa shape index (κ1) is 13.6. The second kappa shape index (κ2) is 5.95. The molecule has 0 unspecified atom stereocenters. The molecule has 0 saturated heterocycles. The fraction of sp³-hybridized carbons (Fsp3) is 0.733. The number of aromatic nitrogens is 2. The molecule has 1 saturated carbocycles. The summed E-state index contributed by atoms with van der Waals surface area (Å²) in [5, 5.41) is 3.08. The van der Waals surface area contributed by atoms with Gasteiger partial charge < -0.3 is 14.6 Å². The Bertz CT molecular complexity index is 477. The van der Waals surface area contributed by atoms with E-state index in [9.17, 15) is 4.79 Å². The number of fused-ring (bicyclic) bond motifs is 1. The number of hydrogen-bond acceptors (Lipinski definition) is 3. The average Bonchev–Trinajstić information content (AvgIpc) is 3.04. The molecule has 2 aliphatic rings. The standard InChI is InChI=1S/C15H23N3O2/c1-11-8-18-9-12(6-7-14(18)16-11)17-15(19)10-20-13-4-2-3-5-13/h8,12-13H,2-7,9-10H2,1H3,(H,17,19)/t12-/m1/s1. The Balaban J connectivity index is 1.45. The van der Waals surface area contributed by atoms with E-state index < -0.39 is 0 Å². The maximum absolute atomic E-state index is 11.9. The Labute approximate surface area is 119 Å². The highest BCUT2D eigenvalue weighted by Crippen LogP contribution is 2.20. The van der Waals surface area contributed by atoms with E-state index in [2.05, 4.69) is 21.1 Å². The van der Waals surface area contributed by atoms with Gasteiger partial charge in [0.05, 0.1) is 11.8 Å². The van der Waals surface area contributed by atoms with Gasteiger partial charge in [-0.25, -0.2) is 4.98 Å². The van der Waals surface area contributed by atoms with Crippen molar-refractivity contribution in [2.45, 2.75) is 64.1 Å². The molecule has 3 rings (SSSR count). The van der Waals surface area contributed by atoms with Crippen LogP contribution in [0.3, 0.4) is 0 Å². The molecule has 0 spiro atoms. The minimum atomic E-state index is 0.0159. The van der Waals surface area contributed by atoms with Crippen LogP contribution in [0.4, 0.5) is 0 Å². The number of carbonyl (C=O) groups is 1. The van der Waals surface area contributed by atoms with E-state index in [0.717, 1.165) is 43.7 Å². The van der Waals surface area contributed by atoms with Gasteiger partial charge in [-0.05, 0) is 26.2 Å². The van der Waals surface area contributed by atoms with Gasteiger partial charge in [-0.1, -0.05) is 12.8 Å². The Morgan fingerprint density at radius 3 is 3.05 bits per heavy atom. The summed E-state index contributed by atoms with van der Waals surface area (Å²) < 4.78 is 7.80. The van der Waals surface area contributed by atoms with Crippen molar-refractivity contribution in [3.8, 4) is 0 Å². The van der Waals surface area contributed by atoms with Crippen LogP contribution in [0.25, 0.3) is 0 Å². The first-order valence-electron chi connectivity index (χ1n) is 7.64. The molecule has 20 heavy (non-hydrogen) atoms. The number of imidazole rings is 1. The number of amides is 1. The molecule has 1 amide bonds. The number of rotatable bonds is 4. The SMILES string of the molecule is Cc1cn2c(n1)CC[C@@H](NC(=O)COC1CCCC1)C2. The van der Waals surface area contributed by atoms with Gasteiger partial charge in [-0.2, -0.15) is 0 Å². The molecule has 0 bridgehead atoms. The van der Waals surface area contributed by atoms with Crippen LogP contribution in [0.2, 0.25) is 0 Å². The number of aryl methyl sites for hydroxylation is 2. The second-order valence-corrected chi connectivity index (χ2v) is 5.97. The van der Waals surface area contributed by atoms with Gasteiger partial charge in [0.2, 0.25) is 5.91 Å². The summed E-state index contributed by atoms with van der Waals surface area (Å²) in [6, 6.07) is 0.204. The molecule has 110 valence electrons. The van der Waals surface area contributed by atoms with Crippen LogP contribution in [0, 0.1) is 6.92 Å². The summed E-state index contributed by atoms with van der Waals surface area (Å²) >= 11 is 0. The first-order valence-corrected chi connectivity index (χ1v) is 7.64. The average molecular weight is 277 g/mol. The molecular formula is C15H23N3O2. The smallest absolute Gasteiger partial charge is 0.246 e. The molecule has 2 heterocycles. The van der Waals surface area contributed by atoms with Crippen molar-refractivity contribution < 1.29 is 9.53 Å². The second-order valence-electron chi connectivity index (χ2n) is 5.97. The highest BCUT2D eigenvalue weighted by atomic mass is 16.5. The van der Waals surface area contributed by atoms with Crippen LogP contribution in [0.5, 0.6) is 0 Å². The fourth-order valence-electron chi connectivity index (χ4n) is 3.22. The first-order chi connectivity index (χ1) is 9.70. The predicted octanol–water partition coefficient (Wildman–Crippen LogP) is 1.58. The van der Waals surface area contributed by atoms with E-state index in [4.69, 9.17) is 4.74 Å². The number of ether oxygens (including phenoxy) is 1. The Morgan fingerprint density at radius 2 is 2.25 bits per heavy atom. The van der Waals surface area contributed by atoms with Gasteiger partial charge in [-0.3, -0.25) is 4.79 Å². The van der Waals surface area contributed by atoms with E-state index in [1.165, 1.54) is 12.8 Å². The molecule has 1 fully saturated rings. The number of nitrogens with one attached hydrogen (secondary N) is 1. The molecule has 1 N–H and O–H groups in total. The zero-order valence-electron chi connectivity index (χ0n) is 12.1. The largest absolute Gasteiger partial charge is 0.368 e. The Hall–Kier alpha value is -1.36. The molecule has 0 aromatic carbocycles. The summed E-state index contributed by atoms with van der Waals surface area (Å²) in [4.78, 5) is 16.4. The van der Waals surface area contributed by atoms with Crippen molar-refractivity contribution in [1.82, 2.24) is 14.9 Å². The Kier molecular flexibility index (Phi) is 4.05. The molecule has 1 atom stereocenters. The summed E-state index contributed by atoms with van der Waals surface area (Å²) in [6.07, 6.45) is 8.93. The molecule has 5 nitrogen and oxygen atoms in total. The lowest BCUT2D eigenvalue weighted by molar-refractivity contribution is -0.128. The number of carbonyl (C=O) groups excluding carboxylic acids is 1. The van der Waals surface area contributed by atoms with Crippen molar-refractivity contribution in [3.05, 3.63) is 17.7 Å². The summed E-state index contributed by atoms with van der Waals surface area (Å²) in [5.41, 5.74) is 1.05. The third-order valence-electron chi connectivity index (χ3n) is 4.23. The topological polar surface area (TPSA) is 56.2 Å². The van der Waals surface area contributed by atoms with E-state index in [1.54, 1.807) is 0 Å². The monoisotopic (exact) mass is 277 g/mol. The minimum Gasteiger partial charge on any atom is -0.368 e. The maximum atomic E-state index is 11.9. The van der Waals surface area contributed by atoms with Crippen molar-refractivity contribution >= 4 is 5.91 Å². The molecule has 1 aromatic heterocycles. The van der Waals surface area contributed by atoms with Crippen LogP contribution >= 0.6 is 0 Å². The van der Waals surface area contributed by atoms with Crippen LogP contribution in [-0.4, -0.2) is 34.2 Å². The summed E-state index contributed by atoms with van der Waals surface area (Å²) in [7, 11) is 0. The molecule has 1 aliphatic carbocycles. The van der Waals surface area contributed by atoms with Crippen LogP contribution in [0.1, 0.15) is 43.6 Å². The zero-order chi connectivity index (χ0) is 13.9. The van der Waals surface area contributed by atoms with Gasteiger partial charge in [0.25, 0.3) is 0 Å². The van der Waals surface area contributed by atoms with Crippen molar-refractivity contribution in [3.63, 3.8) is 0 Å². The highest BCUT2D eigenvalue weighted by molar-refractivity contribution is 5.77. The van der Waals surface area contributed by atoms with Crippen molar-refractivity contribution in [2.75, 3.05) is 6.61 Å². The third kappa shape index (κ3) is 3.20. The molecule has 0 radical (unpaired) electrons. The minimum absolute atomic E-state index is 0.0159. The van der Waals surface area contributed by atoms with Crippen molar-refractivity contribution in [1.29, 1.82) is 0 Å². The van der Waals surface area contributed by atoms with Gasteiger partial charge >= 0.3 is 0 Å². The highest BCUT2D eigenvalue weighted by Gasteiger charge is 2.22. The van der Waals surface area contributed by atoms with Crippen LogP contribution in [-0.2, 0) is 22.5 Å². The molecule has 1 aliphatic heterocycles. The van der Waals surface area contributed by atoms with Crippen molar-refractivity contribution in [2.24, 2.45) is 0 Å².